The highest BCUT2D eigenvalue weighted by atomic mass is 35.5. The SMILES string of the molecule is COc1cc(/C=N/NC(=O)c2c(Cl)c(Cl)c(Cl)c(Cl)c2-c2nc3ccc(C(=O)c4ccccc4)cc3[nH]2)ccc1O. The van der Waals surface area contributed by atoms with E-state index in [0.29, 0.717) is 27.7 Å². The lowest BCUT2D eigenvalue weighted by Crippen LogP contribution is -2.20. The summed E-state index contributed by atoms with van der Waals surface area (Å²) in [5.41, 5.74) is 4.92. The first-order chi connectivity index (χ1) is 19.7. The largest absolute Gasteiger partial charge is 0.504 e. The molecule has 1 amide bonds. The molecular formula is C29H18Cl4N4O4. The maximum Gasteiger partial charge on any atom is 0.273 e. The molecule has 3 N–H and O–H groups in total. The van der Waals surface area contributed by atoms with Gasteiger partial charge < -0.3 is 14.8 Å². The Morgan fingerprint density at radius 1 is 0.927 bits per heavy atom. The fraction of sp³-hybridized carbons (Fsp3) is 0.0345. The van der Waals surface area contributed by atoms with Crippen molar-refractivity contribution in [2.24, 2.45) is 5.10 Å². The van der Waals surface area contributed by atoms with E-state index in [1.165, 1.54) is 25.5 Å². The number of hydrogen-bond acceptors (Lipinski definition) is 6. The van der Waals surface area contributed by atoms with E-state index in [0.717, 1.165) is 0 Å². The molecule has 0 fully saturated rings. The Kier molecular flexibility index (Phi) is 8.19. The lowest BCUT2D eigenvalue weighted by Gasteiger charge is -2.14. The molecule has 0 atom stereocenters. The van der Waals surface area contributed by atoms with Crippen LogP contribution in [0, 0.1) is 0 Å². The van der Waals surface area contributed by atoms with Gasteiger partial charge in [0.1, 0.15) is 5.82 Å². The van der Waals surface area contributed by atoms with Gasteiger partial charge in [-0.15, -0.1) is 0 Å². The zero-order valence-corrected chi connectivity index (χ0v) is 24.0. The number of methoxy groups -OCH3 is 1. The number of carbonyl (C=O) groups is 2. The van der Waals surface area contributed by atoms with Crippen molar-refractivity contribution in [2.75, 3.05) is 7.11 Å². The van der Waals surface area contributed by atoms with Crippen molar-refractivity contribution >= 4 is 75.3 Å². The van der Waals surface area contributed by atoms with Crippen molar-refractivity contribution in [3.63, 3.8) is 0 Å². The van der Waals surface area contributed by atoms with Gasteiger partial charge in [0.05, 0.1) is 55.6 Å². The summed E-state index contributed by atoms with van der Waals surface area (Å²) in [4.78, 5) is 34.0. The van der Waals surface area contributed by atoms with Gasteiger partial charge in [0, 0.05) is 11.1 Å². The second-order valence-electron chi connectivity index (χ2n) is 8.65. The molecule has 4 aromatic carbocycles. The molecule has 5 aromatic rings. The van der Waals surface area contributed by atoms with Crippen LogP contribution in [0.4, 0.5) is 0 Å². The molecule has 206 valence electrons. The van der Waals surface area contributed by atoms with Crippen LogP contribution in [0.15, 0.2) is 71.8 Å². The molecule has 0 radical (unpaired) electrons. The van der Waals surface area contributed by atoms with Crippen LogP contribution in [0.2, 0.25) is 20.1 Å². The molecule has 0 saturated carbocycles. The topological polar surface area (TPSA) is 117 Å². The minimum absolute atomic E-state index is 0.0436. The molecule has 41 heavy (non-hydrogen) atoms. The molecule has 0 spiro atoms. The van der Waals surface area contributed by atoms with Gasteiger partial charge in [-0.25, -0.2) is 10.4 Å². The molecule has 0 bridgehead atoms. The molecule has 0 unspecified atom stereocenters. The van der Waals surface area contributed by atoms with E-state index in [9.17, 15) is 14.7 Å². The number of benzene rings is 4. The summed E-state index contributed by atoms with van der Waals surface area (Å²) in [6.07, 6.45) is 1.35. The Bertz CT molecular complexity index is 1860. The monoisotopic (exact) mass is 626 g/mol. The number of fused-ring (bicyclic) bond motifs is 1. The van der Waals surface area contributed by atoms with Gasteiger partial charge in [0.2, 0.25) is 0 Å². The van der Waals surface area contributed by atoms with Crippen molar-refractivity contribution < 1.29 is 19.4 Å². The highest BCUT2D eigenvalue weighted by molar-refractivity contribution is 6.54. The van der Waals surface area contributed by atoms with Crippen molar-refractivity contribution in [1.82, 2.24) is 15.4 Å². The minimum Gasteiger partial charge on any atom is -0.504 e. The third-order valence-corrected chi connectivity index (χ3v) is 7.90. The average molecular weight is 628 g/mol. The number of nitrogens with one attached hydrogen (secondary N) is 2. The first-order valence-electron chi connectivity index (χ1n) is 11.9. The van der Waals surface area contributed by atoms with Gasteiger partial charge in [0.25, 0.3) is 5.91 Å². The number of ether oxygens (including phenoxy) is 1. The van der Waals surface area contributed by atoms with Crippen LogP contribution in [0.5, 0.6) is 11.5 Å². The van der Waals surface area contributed by atoms with Gasteiger partial charge >= 0.3 is 0 Å². The fourth-order valence-corrected chi connectivity index (χ4v) is 5.12. The Morgan fingerprint density at radius 3 is 2.39 bits per heavy atom. The van der Waals surface area contributed by atoms with E-state index < -0.39 is 5.91 Å². The molecule has 12 heteroatoms. The summed E-state index contributed by atoms with van der Waals surface area (Å²) in [7, 11) is 1.41. The van der Waals surface area contributed by atoms with Crippen molar-refractivity contribution in [2.45, 2.75) is 0 Å². The first kappa shape index (κ1) is 28.4. The standard InChI is InChI=1S/C29H18Cl4N4O4/c1-41-20-11-14(7-10-19(20)38)13-34-37-29(40)22-21(23(30)25(32)26(33)24(22)31)28-35-17-9-8-16(12-18(17)36-28)27(39)15-5-3-2-4-6-15/h2-13,38H,1H3,(H,35,36)(H,37,40)/b34-13+. The Balaban J connectivity index is 1.53. The van der Waals surface area contributed by atoms with Crippen molar-refractivity contribution in [1.29, 1.82) is 0 Å². The molecule has 0 aliphatic heterocycles. The van der Waals surface area contributed by atoms with E-state index in [1.54, 1.807) is 48.5 Å². The zero-order chi connectivity index (χ0) is 29.3. The normalized spacial score (nSPS) is 11.2. The summed E-state index contributed by atoms with van der Waals surface area (Å²) in [6.45, 7) is 0. The quantitative estimate of drug-likeness (QED) is 0.0566. The summed E-state index contributed by atoms with van der Waals surface area (Å²) in [6, 6.07) is 18.4. The minimum atomic E-state index is -0.743. The number of ketones is 1. The van der Waals surface area contributed by atoms with Crippen LogP contribution in [-0.4, -0.2) is 40.1 Å². The second kappa shape index (κ2) is 11.8. The lowest BCUT2D eigenvalue weighted by atomic mass is 10.0. The number of nitrogens with zero attached hydrogens (tertiary/aromatic N) is 2. The lowest BCUT2D eigenvalue weighted by molar-refractivity contribution is 0.0955. The maximum atomic E-state index is 13.3. The van der Waals surface area contributed by atoms with Crippen molar-refractivity contribution in [3.8, 4) is 22.9 Å². The van der Waals surface area contributed by atoms with Crippen molar-refractivity contribution in [3.05, 3.63) is 109 Å². The third kappa shape index (κ3) is 5.60. The van der Waals surface area contributed by atoms with Crippen LogP contribution < -0.4 is 10.2 Å². The number of imidazole rings is 1. The van der Waals surface area contributed by atoms with E-state index in [4.69, 9.17) is 51.1 Å². The molecule has 1 aromatic heterocycles. The van der Waals surface area contributed by atoms with Gasteiger partial charge in [-0.3, -0.25) is 9.59 Å². The van der Waals surface area contributed by atoms with Crippen LogP contribution >= 0.6 is 46.4 Å². The second-order valence-corrected chi connectivity index (χ2v) is 10.2. The maximum absolute atomic E-state index is 13.3. The fourth-order valence-electron chi connectivity index (χ4n) is 4.09. The number of phenolic OH excluding ortho intramolecular Hbond substituents is 1. The Labute approximate surface area is 253 Å². The molecule has 0 aliphatic carbocycles. The molecule has 0 aliphatic rings. The molecular weight excluding hydrogens is 610 g/mol. The van der Waals surface area contributed by atoms with Crippen LogP contribution in [0.3, 0.4) is 0 Å². The Hall–Kier alpha value is -4.08. The number of hydrazone groups is 1. The summed E-state index contributed by atoms with van der Waals surface area (Å²) < 4.78 is 5.08. The number of hydrogen-bond donors (Lipinski definition) is 3. The first-order valence-corrected chi connectivity index (χ1v) is 13.4. The Morgan fingerprint density at radius 2 is 1.66 bits per heavy atom. The average Bonchev–Trinajstić information content (AvgIpc) is 3.41. The number of phenols is 1. The highest BCUT2D eigenvalue weighted by Crippen LogP contribution is 2.45. The molecule has 5 rings (SSSR count). The van der Waals surface area contributed by atoms with E-state index in [2.05, 4.69) is 20.5 Å². The number of aromatic amines is 1. The number of aromatic nitrogens is 2. The van der Waals surface area contributed by atoms with Crippen LogP contribution in [0.1, 0.15) is 31.8 Å². The number of carbonyl (C=O) groups excluding carboxylic acids is 2. The summed E-state index contributed by atoms with van der Waals surface area (Å²) >= 11 is 25.7. The van der Waals surface area contributed by atoms with E-state index in [1.807, 2.05) is 6.07 Å². The number of aromatic hydroxyl groups is 1. The van der Waals surface area contributed by atoms with E-state index >= 15 is 0 Å². The van der Waals surface area contributed by atoms with Gasteiger partial charge in [0.15, 0.2) is 17.3 Å². The van der Waals surface area contributed by atoms with Gasteiger partial charge in [-0.2, -0.15) is 5.10 Å². The number of H-pyrrole nitrogens is 1. The van der Waals surface area contributed by atoms with Crippen LogP contribution in [0.25, 0.3) is 22.4 Å². The van der Waals surface area contributed by atoms with Gasteiger partial charge in [-0.05, 0) is 42.0 Å². The predicted octanol–water partition coefficient (Wildman–Crippen LogP) is 7.55. The highest BCUT2D eigenvalue weighted by Gasteiger charge is 2.28. The zero-order valence-electron chi connectivity index (χ0n) is 21.0. The van der Waals surface area contributed by atoms with E-state index in [-0.39, 0.29) is 54.3 Å². The smallest absolute Gasteiger partial charge is 0.273 e. The van der Waals surface area contributed by atoms with Crippen LogP contribution in [-0.2, 0) is 0 Å². The predicted molar refractivity (Wildman–Crippen MR) is 161 cm³/mol. The number of amides is 1. The number of halogens is 4. The third-order valence-electron chi connectivity index (χ3n) is 6.09. The van der Waals surface area contributed by atoms with Gasteiger partial charge in [-0.1, -0.05) is 76.7 Å². The summed E-state index contributed by atoms with van der Waals surface area (Å²) in [5.74, 6) is -0.540. The molecule has 8 nitrogen and oxygen atoms in total. The summed E-state index contributed by atoms with van der Waals surface area (Å²) in [5, 5.41) is 13.3. The molecule has 0 saturated heterocycles. The number of rotatable bonds is 7. The molecule has 1 heterocycles.